The van der Waals surface area contributed by atoms with Gasteiger partial charge in [0.2, 0.25) is 0 Å². The molecule has 3 nitrogen and oxygen atoms in total. The Morgan fingerprint density at radius 2 is 2.05 bits per heavy atom. The van der Waals surface area contributed by atoms with Gasteiger partial charge in [-0.2, -0.15) is 0 Å². The molecule has 1 saturated carbocycles. The van der Waals surface area contributed by atoms with Gasteiger partial charge in [-0.05, 0) is 59.7 Å². The second-order valence-electron chi connectivity index (χ2n) is 5.34. The quantitative estimate of drug-likeness (QED) is 0.790. The fourth-order valence-electron chi connectivity index (χ4n) is 2.81. The highest BCUT2D eigenvalue weighted by Gasteiger charge is 2.26. The molecule has 0 aromatic carbocycles. The monoisotopic (exact) mass is 324 g/mol. The van der Waals surface area contributed by atoms with Gasteiger partial charge in [0, 0.05) is 13.1 Å². The lowest BCUT2D eigenvalue weighted by molar-refractivity contribution is 0.0668. The number of pyridine rings is 1. The van der Waals surface area contributed by atoms with Crippen LogP contribution in [0.1, 0.15) is 49.5 Å². The molecule has 0 atom stereocenters. The van der Waals surface area contributed by atoms with E-state index in [0.717, 1.165) is 18.8 Å². The van der Waals surface area contributed by atoms with E-state index in [1.165, 1.54) is 19.3 Å². The predicted molar refractivity (Wildman–Crippen MR) is 80.1 cm³/mol. The maximum atomic E-state index is 12.4. The van der Waals surface area contributed by atoms with Crippen molar-refractivity contribution in [1.29, 1.82) is 0 Å². The summed E-state index contributed by atoms with van der Waals surface area (Å²) < 4.78 is 0.710. The largest absolute Gasteiger partial charge is 0.337 e. The van der Waals surface area contributed by atoms with E-state index in [1.807, 2.05) is 24.1 Å². The van der Waals surface area contributed by atoms with Gasteiger partial charge in [-0.1, -0.05) is 19.4 Å². The van der Waals surface area contributed by atoms with Crippen molar-refractivity contribution < 1.29 is 4.79 Å². The zero-order chi connectivity index (χ0) is 13.8. The van der Waals surface area contributed by atoms with Gasteiger partial charge < -0.3 is 4.90 Å². The number of carbonyl (C=O) groups excluding carboxylic acids is 1. The van der Waals surface area contributed by atoms with Crippen LogP contribution in [0.25, 0.3) is 0 Å². The average Bonchev–Trinajstić information content (AvgIpc) is 2.46. The fraction of sp³-hybridized carbons (Fsp3) is 0.600. The van der Waals surface area contributed by atoms with E-state index < -0.39 is 0 Å². The number of nitrogens with zero attached hydrogens (tertiary/aromatic N) is 2. The molecule has 0 spiro atoms. The Balaban J connectivity index is 2.00. The molecule has 0 aliphatic heterocycles. The zero-order valence-corrected chi connectivity index (χ0v) is 13.2. The van der Waals surface area contributed by atoms with Crippen LogP contribution >= 0.6 is 15.9 Å². The predicted octanol–water partition coefficient (Wildman–Crippen LogP) is 3.88. The number of aromatic nitrogens is 1. The maximum absolute atomic E-state index is 12.4. The first-order valence-corrected chi connectivity index (χ1v) is 7.80. The summed E-state index contributed by atoms with van der Waals surface area (Å²) in [6.45, 7) is 2.26. The minimum atomic E-state index is 0.0289. The topological polar surface area (TPSA) is 33.2 Å². The first kappa shape index (κ1) is 14.5. The van der Waals surface area contributed by atoms with Gasteiger partial charge in [0.25, 0.3) is 5.91 Å². The Bertz CT molecular complexity index is 442. The Morgan fingerprint density at radius 3 is 2.63 bits per heavy atom. The van der Waals surface area contributed by atoms with E-state index in [1.54, 1.807) is 6.07 Å². The summed E-state index contributed by atoms with van der Waals surface area (Å²) in [5.41, 5.74) is 0.523. The van der Waals surface area contributed by atoms with Gasteiger partial charge in [0.05, 0.1) is 0 Å². The Labute approximate surface area is 123 Å². The van der Waals surface area contributed by atoms with Crippen LogP contribution in [-0.4, -0.2) is 28.9 Å². The molecule has 104 valence electrons. The van der Waals surface area contributed by atoms with E-state index in [2.05, 4.69) is 27.8 Å². The van der Waals surface area contributed by atoms with Crippen molar-refractivity contribution in [3.05, 3.63) is 28.5 Å². The highest BCUT2D eigenvalue weighted by Crippen LogP contribution is 2.29. The molecule has 2 rings (SSSR count). The molecule has 0 radical (unpaired) electrons. The van der Waals surface area contributed by atoms with Crippen LogP contribution in [-0.2, 0) is 0 Å². The SMILES string of the molecule is CCC1CCC(N(C)C(=O)c2cccc(Br)n2)CC1. The van der Waals surface area contributed by atoms with Crippen molar-refractivity contribution in [3.8, 4) is 0 Å². The third-order valence-corrected chi connectivity index (χ3v) is 4.64. The summed E-state index contributed by atoms with van der Waals surface area (Å²) in [5.74, 6) is 0.880. The lowest BCUT2D eigenvalue weighted by Crippen LogP contribution is -2.39. The second-order valence-corrected chi connectivity index (χ2v) is 6.16. The van der Waals surface area contributed by atoms with Crippen molar-refractivity contribution >= 4 is 21.8 Å². The number of hydrogen-bond donors (Lipinski definition) is 0. The number of hydrogen-bond acceptors (Lipinski definition) is 2. The third kappa shape index (κ3) is 3.56. The maximum Gasteiger partial charge on any atom is 0.272 e. The standard InChI is InChI=1S/C15H21BrN2O/c1-3-11-7-9-12(10-8-11)18(2)15(19)13-5-4-6-14(16)17-13/h4-6,11-12H,3,7-10H2,1-2H3. The van der Waals surface area contributed by atoms with E-state index >= 15 is 0 Å². The summed E-state index contributed by atoms with van der Waals surface area (Å²) >= 11 is 3.31. The highest BCUT2D eigenvalue weighted by molar-refractivity contribution is 9.10. The summed E-state index contributed by atoms with van der Waals surface area (Å²) in [7, 11) is 1.90. The number of carbonyl (C=O) groups is 1. The Morgan fingerprint density at radius 1 is 1.37 bits per heavy atom. The van der Waals surface area contributed by atoms with Crippen molar-refractivity contribution in [2.24, 2.45) is 5.92 Å². The average molecular weight is 325 g/mol. The lowest BCUT2D eigenvalue weighted by atomic mass is 9.84. The van der Waals surface area contributed by atoms with Gasteiger partial charge in [-0.25, -0.2) is 4.98 Å². The smallest absolute Gasteiger partial charge is 0.272 e. The molecule has 1 aromatic rings. The molecule has 1 aliphatic carbocycles. The molecule has 0 bridgehead atoms. The summed E-state index contributed by atoms with van der Waals surface area (Å²) in [5, 5.41) is 0. The molecule has 19 heavy (non-hydrogen) atoms. The number of halogens is 1. The van der Waals surface area contributed by atoms with E-state index in [-0.39, 0.29) is 5.91 Å². The Hall–Kier alpha value is -0.900. The van der Waals surface area contributed by atoms with Gasteiger partial charge in [-0.15, -0.1) is 0 Å². The molecule has 1 aliphatic rings. The zero-order valence-electron chi connectivity index (χ0n) is 11.6. The van der Waals surface area contributed by atoms with Crippen molar-refractivity contribution in [3.63, 3.8) is 0 Å². The molecule has 1 aromatic heterocycles. The van der Waals surface area contributed by atoms with Crippen molar-refractivity contribution in [1.82, 2.24) is 9.88 Å². The van der Waals surface area contributed by atoms with Crippen LogP contribution in [0.2, 0.25) is 0 Å². The molecule has 4 heteroatoms. The minimum Gasteiger partial charge on any atom is -0.337 e. The number of rotatable bonds is 3. The third-order valence-electron chi connectivity index (χ3n) is 4.20. The van der Waals surface area contributed by atoms with Gasteiger partial charge in [0.1, 0.15) is 10.3 Å². The molecule has 1 fully saturated rings. The highest BCUT2D eigenvalue weighted by atomic mass is 79.9. The minimum absolute atomic E-state index is 0.0289. The van der Waals surface area contributed by atoms with Crippen molar-refractivity contribution in [2.75, 3.05) is 7.05 Å². The summed E-state index contributed by atoms with van der Waals surface area (Å²) in [4.78, 5) is 18.5. The van der Waals surface area contributed by atoms with Gasteiger partial charge in [-0.3, -0.25) is 4.79 Å². The van der Waals surface area contributed by atoms with Crippen LogP contribution in [0.5, 0.6) is 0 Å². The molecular formula is C15H21BrN2O. The molecule has 0 N–H and O–H groups in total. The normalized spacial score (nSPS) is 23.1. The number of amides is 1. The summed E-state index contributed by atoms with van der Waals surface area (Å²) in [6, 6.07) is 5.84. The first-order valence-electron chi connectivity index (χ1n) is 7.01. The molecular weight excluding hydrogens is 304 g/mol. The van der Waals surface area contributed by atoms with Crippen LogP contribution in [0.4, 0.5) is 0 Å². The second kappa shape index (κ2) is 6.51. The van der Waals surface area contributed by atoms with Gasteiger partial charge >= 0.3 is 0 Å². The molecule has 1 amide bonds. The Kier molecular flexibility index (Phi) is 4.97. The molecule has 0 unspecified atom stereocenters. The van der Waals surface area contributed by atoms with E-state index in [0.29, 0.717) is 16.3 Å². The fourth-order valence-corrected chi connectivity index (χ4v) is 3.16. The van der Waals surface area contributed by atoms with Gasteiger partial charge in [0.15, 0.2) is 0 Å². The van der Waals surface area contributed by atoms with Crippen LogP contribution in [0.15, 0.2) is 22.8 Å². The molecule has 1 heterocycles. The molecule has 0 saturated heterocycles. The van der Waals surface area contributed by atoms with Crippen LogP contribution in [0, 0.1) is 5.92 Å². The summed E-state index contributed by atoms with van der Waals surface area (Å²) in [6.07, 6.45) is 5.98. The van der Waals surface area contributed by atoms with E-state index in [9.17, 15) is 4.79 Å². The van der Waals surface area contributed by atoms with E-state index in [4.69, 9.17) is 0 Å². The van der Waals surface area contributed by atoms with Crippen molar-refractivity contribution in [2.45, 2.75) is 45.1 Å². The van der Waals surface area contributed by atoms with Crippen LogP contribution < -0.4 is 0 Å². The lowest BCUT2D eigenvalue weighted by Gasteiger charge is -2.34. The first-order chi connectivity index (χ1) is 9.11. The van der Waals surface area contributed by atoms with Crippen LogP contribution in [0.3, 0.4) is 0 Å².